The van der Waals surface area contributed by atoms with Crippen LogP contribution < -0.4 is 16.0 Å². The molecule has 6 heteroatoms. The number of amides is 3. The van der Waals surface area contributed by atoms with Gasteiger partial charge in [-0.25, -0.2) is 0 Å². The van der Waals surface area contributed by atoms with Crippen molar-refractivity contribution in [3.8, 4) is 0 Å². The molecule has 0 aromatic carbocycles. The first-order chi connectivity index (χ1) is 16.7. The minimum atomic E-state index is -0.479. The monoisotopic (exact) mass is 489 g/mol. The van der Waals surface area contributed by atoms with Crippen LogP contribution in [0.15, 0.2) is 0 Å². The molecule has 0 bridgehead atoms. The molecule has 8 unspecified atom stereocenters. The fraction of sp³-hybridized carbons (Fsp3) is 0.897. The van der Waals surface area contributed by atoms with Crippen molar-refractivity contribution in [1.82, 2.24) is 16.0 Å². The van der Waals surface area contributed by atoms with Crippen LogP contribution in [0.25, 0.3) is 0 Å². The molecule has 3 N–H and O–H groups in total. The number of hydrogen-bond acceptors (Lipinski definition) is 3. The Bertz CT molecular complexity index is 711. The third-order valence-corrected chi connectivity index (χ3v) is 9.22. The van der Waals surface area contributed by atoms with Crippen molar-refractivity contribution in [3.05, 3.63) is 0 Å². The van der Waals surface area contributed by atoms with Crippen molar-refractivity contribution in [3.63, 3.8) is 0 Å². The van der Waals surface area contributed by atoms with Crippen molar-refractivity contribution < 1.29 is 14.4 Å². The van der Waals surface area contributed by atoms with E-state index < -0.39 is 5.92 Å². The summed E-state index contributed by atoms with van der Waals surface area (Å²) >= 11 is 0. The number of rotatable bonds is 9. The van der Waals surface area contributed by atoms with Crippen LogP contribution in [0.3, 0.4) is 0 Å². The van der Waals surface area contributed by atoms with E-state index in [0.717, 1.165) is 57.8 Å². The van der Waals surface area contributed by atoms with Crippen LogP contribution in [0, 0.1) is 29.6 Å². The number of carbonyl (C=O) groups excluding carboxylic acids is 3. The molecule has 0 heterocycles. The van der Waals surface area contributed by atoms with Gasteiger partial charge in [-0.15, -0.1) is 0 Å². The van der Waals surface area contributed by atoms with E-state index in [1.165, 1.54) is 19.3 Å². The third-order valence-electron chi connectivity index (χ3n) is 9.22. The van der Waals surface area contributed by atoms with Gasteiger partial charge in [-0.05, 0) is 62.7 Å². The van der Waals surface area contributed by atoms with Gasteiger partial charge in [0.25, 0.3) is 0 Å². The number of hydrogen-bond donors (Lipinski definition) is 3. The predicted octanol–water partition coefficient (Wildman–Crippen LogP) is 5.10. The normalized spacial score (nSPS) is 33.3. The Labute approximate surface area is 213 Å². The molecule has 3 rings (SSSR count). The Kier molecular flexibility index (Phi) is 10.9. The van der Waals surface area contributed by atoms with Crippen LogP contribution >= 0.6 is 0 Å². The molecule has 0 spiro atoms. The average molecular weight is 490 g/mol. The first-order valence-corrected chi connectivity index (χ1v) is 14.6. The molecule has 3 aliphatic rings. The summed E-state index contributed by atoms with van der Waals surface area (Å²) in [5.41, 5.74) is 0. The van der Waals surface area contributed by atoms with Crippen LogP contribution in [-0.4, -0.2) is 35.8 Å². The van der Waals surface area contributed by atoms with Gasteiger partial charge in [-0.2, -0.15) is 0 Å². The van der Waals surface area contributed by atoms with Crippen molar-refractivity contribution >= 4 is 17.7 Å². The van der Waals surface area contributed by atoms with Crippen LogP contribution in [0.4, 0.5) is 0 Å². The lowest BCUT2D eigenvalue weighted by atomic mass is 9.84. The van der Waals surface area contributed by atoms with Gasteiger partial charge in [-0.3, -0.25) is 14.4 Å². The minimum absolute atomic E-state index is 0.0221. The van der Waals surface area contributed by atoms with E-state index in [4.69, 9.17) is 0 Å². The van der Waals surface area contributed by atoms with Gasteiger partial charge < -0.3 is 16.0 Å². The van der Waals surface area contributed by atoms with Crippen molar-refractivity contribution in [2.45, 2.75) is 136 Å². The smallest absolute Gasteiger partial charge is 0.223 e. The van der Waals surface area contributed by atoms with Crippen LogP contribution in [0.1, 0.15) is 118 Å². The summed E-state index contributed by atoms with van der Waals surface area (Å²) in [4.78, 5) is 39.5. The van der Waals surface area contributed by atoms with Crippen molar-refractivity contribution in [1.29, 1.82) is 0 Å². The maximum atomic E-state index is 13.4. The topological polar surface area (TPSA) is 87.3 Å². The SMILES string of the molecule is CC(CC(CC(=O)NC1CCCCC1C)C(=O)NC1CCCCC1C)C(=O)NC1CCCCC1C. The third kappa shape index (κ3) is 8.49. The van der Waals surface area contributed by atoms with Gasteiger partial charge >= 0.3 is 0 Å². The predicted molar refractivity (Wildman–Crippen MR) is 141 cm³/mol. The number of carbonyl (C=O) groups is 3. The molecule has 8 atom stereocenters. The van der Waals surface area contributed by atoms with Crippen molar-refractivity contribution in [2.75, 3.05) is 0 Å². The lowest BCUT2D eigenvalue weighted by Gasteiger charge is -2.33. The maximum absolute atomic E-state index is 13.4. The summed E-state index contributed by atoms with van der Waals surface area (Å²) in [6, 6.07) is 0.601. The molecule has 3 saturated carbocycles. The highest BCUT2D eigenvalue weighted by molar-refractivity contribution is 5.87. The summed E-state index contributed by atoms with van der Waals surface area (Å²) < 4.78 is 0. The molecule has 0 saturated heterocycles. The standard InChI is InChI=1S/C29H51N3O3/c1-19-11-5-8-14-24(19)30-27(33)18-23(29(35)32-26-16-10-7-13-21(26)3)17-22(4)28(34)31-25-15-9-6-12-20(25)2/h19-26H,5-18H2,1-4H3,(H,30,33)(H,31,34)(H,32,35). The molecular weight excluding hydrogens is 438 g/mol. The molecule has 0 aromatic heterocycles. The summed E-state index contributed by atoms with van der Waals surface area (Å²) in [6.45, 7) is 8.54. The highest BCUT2D eigenvalue weighted by Crippen LogP contribution is 2.28. The largest absolute Gasteiger partial charge is 0.353 e. The molecule has 200 valence electrons. The zero-order valence-electron chi connectivity index (χ0n) is 22.7. The lowest BCUT2D eigenvalue weighted by Crippen LogP contribution is -2.47. The van der Waals surface area contributed by atoms with Crippen LogP contribution in [0.2, 0.25) is 0 Å². The summed E-state index contributed by atoms with van der Waals surface area (Å²) in [6.07, 6.45) is 14.2. The molecule has 0 aliphatic heterocycles. The zero-order chi connectivity index (χ0) is 25.4. The second kappa shape index (κ2) is 13.6. The molecule has 6 nitrogen and oxygen atoms in total. The Morgan fingerprint density at radius 2 is 1.03 bits per heavy atom. The Morgan fingerprint density at radius 1 is 0.629 bits per heavy atom. The highest BCUT2D eigenvalue weighted by Gasteiger charge is 2.33. The summed E-state index contributed by atoms with van der Waals surface area (Å²) in [5, 5.41) is 9.74. The van der Waals surface area contributed by atoms with E-state index in [-0.39, 0.29) is 48.2 Å². The van der Waals surface area contributed by atoms with Crippen LogP contribution in [0.5, 0.6) is 0 Å². The first kappa shape index (κ1) is 28.0. The zero-order valence-corrected chi connectivity index (χ0v) is 22.7. The van der Waals surface area contributed by atoms with Gasteiger partial charge in [0.2, 0.25) is 17.7 Å². The molecular formula is C29H51N3O3. The van der Waals surface area contributed by atoms with E-state index in [2.05, 4.69) is 36.7 Å². The van der Waals surface area contributed by atoms with E-state index >= 15 is 0 Å². The molecule has 3 fully saturated rings. The molecule has 35 heavy (non-hydrogen) atoms. The van der Waals surface area contributed by atoms with Gasteiger partial charge in [0.1, 0.15) is 0 Å². The van der Waals surface area contributed by atoms with Crippen molar-refractivity contribution in [2.24, 2.45) is 29.6 Å². The molecule has 0 aromatic rings. The lowest BCUT2D eigenvalue weighted by molar-refractivity contribution is -0.133. The molecule has 3 aliphatic carbocycles. The Morgan fingerprint density at radius 3 is 1.49 bits per heavy atom. The summed E-state index contributed by atoms with van der Waals surface area (Å²) in [5.74, 6) is 0.570. The summed E-state index contributed by atoms with van der Waals surface area (Å²) in [7, 11) is 0. The average Bonchev–Trinajstić information content (AvgIpc) is 2.83. The Hall–Kier alpha value is -1.59. The van der Waals surface area contributed by atoms with E-state index in [9.17, 15) is 14.4 Å². The molecule has 0 radical (unpaired) electrons. The highest BCUT2D eigenvalue weighted by atomic mass is 16.2. The second-order valence-electron chi connectivity index (χ2n) is 12.2. The van der Waals surface area contributed by atoms with E-state index in [1.54, 1.807) is 0 Å². The van der Waals surface area contributed by atoms with Gasteiger partial charge in [0.05, 0.1) is 0 Å². The first-order valence-electron chi connectivity index (χ1n) is 14.6. The fourth-order valence-corrected chi connectivity index (χ4v) is 6.52. The van der Waals surface area contributed by atoms with Gasteiger partial charge in [0.15, 0.2) is 0 Å². The quantitative estimate of drug-likeness (QED) is 0.421. The van der Waals surface area contributed by atoms with Gasteiger partial charge in [-0.1, -0.05) is 66.2 Å². The minimum Gasteiger partial charge on any atom is -0.353 e. The van der Waals surface area contributed by atoms with Gasteiger partial charge in [0, 0.05) is 36.4 Å². The molecule has 3 amide bonds. The van der Waals surface area contributed by atoms with E-state index in [1.807, 2.05) is 6.92 Å². The maximum Gasteiger partial charge on any atom is 0.223 e. The fourth-order valence-electron chi connectivity index (χ4n) is 6.52. The number of nitrogens with one attached hydrogen (secondary N) is 3. The Balaban J connectivity index is 1.61. The second-order valence-corrected chi connectivity index (χ2v) is 12.2. The van der Waals surface area contributed by atoms with E-state index in [0.29, 0.717) is 24.2 Å². The van der Waals surface area contributed by atoms with Crippen LogP contribution in [-0.2, 0) is 14.4 Å².